The monoisotopic (exact) mass is 242 g/mol. The maximum atomic E-state index is 3.47. The van der Waals surface area contributed by atoms with Gasteiger partial charge in [-0.1, -0.05) is 27.2 Å². The van der Waals surface area contributed by atoms with Crippen LogP contribution < -0.4 is 5.32 Å². The second kappa shape index (κ2) is 8.93. The number of nitrogens with zero attached hydrogens (tertiary/aromatic N) is 1. The smallest absolute Gasteiger partial charge is 0.00355 e. The molecule has 2 heteroatoms. The molecule has 0 aliphatic carbocycles. The fraction of sp³-hybridized carbons (Fsp3) is 1.00. The van der Waals surface area contributed by atoms with E-state index in [0.717, 1.165) is 0 Å². The number of piperidine rings is 1. The summed E-state index contributed by atoms with van der Waals surface area (Å²) in [5.74, 6) is 0. The molecule has 0 radical (unpaired) electrons. The maximum Gasteiger partial charge on any atom is 0.00355 e. The molecule has 0 amide bonds. The molecule has 1 aliphatic rings. The average Bonchev–Trinajstić information content (AvgIpc) is 2.39. The molecular formula is C15H34N2. The molecular weight excluding hydrogens is 208 g/mol. The van der Waals surface area contributed by atoms with Crippen LogP contribution in [0.2, 0.25) is 0 Å². The molecule has 0 saturated carbocycles. The predicted octanol–water partition coefficient (Wildman–Crippen LogP) is 3.52. The van der Waals surface area contributed by atoms with Gasteiger partial charge in [0, 0.05) is 6.04 Å². The first-order valence-corrected chi connectivity index (χ1v) is 7.50. The fourth-order valence-corrected chi connectivity index (χ4v) is 2.41. The molecule has 1 aliphatic heterocycles. The minimum absolute atomic E-state index is 0.633. The van der Waals surface area contributed by atoms with Gasteiger partial charge in [-0.2, -0.15) is 0 Å². The van der Waals surface area contributed by atoms with Crippen molar-refractivity contribution in [1.29, 1.82) is 0 Å². The van der Waals surface area contributed by atoms with Crippen molar-refractivity contribution >= 4 is 0 Å². The number of nitrogens with one attached hydrogen (secondary N) is 1. The van der Waals surface area contributed by atoms with Gasteiger partial charge in [0.05, 0.1) is 0 Å². The Bertz CT molecular complexity index is 172. The van der Waals surface area contributed by atoms with Crippen LogP contribution >= 0.6 is 0 Å². The first kappa shape index (κ1) is 16.9. The van der Waals surface area contributed by atoms with Crippen LogP contribution in [0.5, 0.6) is 0 Å². The van der Waals surface area contributed by atoms with E-state index in [1.165, 1.54) is 45.3 Å². The second-order valence-electron chi connectivity index (χ2n) is 5.43. The van der Waals surface area contributed by atoms with E-state index in [9.17, 15) is 0 Å². The molecule has 104 valence electrons. The molecule has 1 heterocycles. The van der Waals surface area contributed by atoms with Crippen molar-refractivity contribution in [2.24, 2.45) is 5.41 Å². The highest BCUT2D eigenvalue weighted by atomic mass is 15.1. The van der Waals surface area contributed by atoms with Crippen LogP contribution in [-0.4, -0.2) is 37.6 Å². The Kier molecular flexibility index (Phi) is 8.89. The topological polar surface area (TPSA) is 15.3 Å². The van der Waals surface area contributed by atoms with E-state index in [0.29, 0.717) is 11.5 Å². The van der Waals surface area contributed by atoms with Gasteiger partial charge in [0.1, 0.15) is 0 Å². The highest BCUT2D eigenvalue weighted by molar-refractivity contribution is 4.84. The predicted molar refractivity (Wildman–Crippen MR) is 78.6 cm³/mol. The van der Waals surface area contributed by atoms with Crippen LogP contribution in [0, 0.1) is 5.41 Å². The Labute approximate surface area is 109 Å². The van der Waals surface area contributed by atoms with Gasteiger partial charge >= 0.3 is 0 Å². The molecule has 0 aromatic carbocycles. The molecule has 0 atom stereocenters. The Morgan fingerprint density at radius 3 is 2.12 bits per heavy atom. The fourth-order valence-electron chi connectivity index (χ4n) is 2.41. The van der Waals surface area contributed by atoms with E-state index in [-0.39, 0.29) is 0 Å². The van der Waals surface area contributed by atoms with Gasteiger partial charge in [0.2, 0.25) is 0 Å². The third kappa shape index (κ3) is 5.87. The van der Waals surface area contributed by atoms with Crippen molar-refractivity contribution in [3.05, 3.63) is 0 Å². The Morgan fingerprint density at radius 1 is 1.18 bits per heavy atom. The first-order valence-electron chi connectivity index (χ1n) is 7.50. The maximum absolute atomic E-state index is 3.47. The van der Waals surface area contributed by atoms with Crippen LogP contribution in [0.3, 0.4) is 0 Å². The summed E-state index contributed by atoms with van der Waals surface area (Å²) >= 11 is 0. The van der Waals surface area contributed by atoms with Crippen LogP contribution in [0.1, 0.15) is 60.3 Å². The molecule has 1 fully saturated rings. The Morgan fingerprint density at radius 2 is 1.71 bits per heavy atom. The van der Waals surface area contributed by atoms with Crippen molar-refractivity contribution in [3.8, 4) is 0 Å². The largest absolute Gasteiger partial charge is 0.317 e. The van der Waals surface area contributed by atoms with E-state index in [4.69, 9.17) is 0 Å². The number of hydrogen-bond donors (Lipinski definition) is 1. The summed E-state index contributed by atoms with van der Waals surface area (Å²) in [4.78, 5) is 2.47. The van der Waals surface area contributed by atoms with Gasteiger partial charge in [-0.15, -0.1) is 0 Å². The van der Waals surface area contributed by atoms with E-state index < -0.39 is 0 Å². The summed E-state index contributed by atoms with van der Waals surface area (Å²) in [6, 6.07) is 0.681. The van der Waals surface area contributed by atoms with Crippen LogP contribution in [0.4, 0.5) is 0 Å². The zero-order valence-corrected chi connectivity index (χ0v) is 13.0. The van der Waals surface area contributed by atoms with Crippen LogP contribution in [0.15, 0.2) is 0 Å². The summed E-state index contributed by atoms with van der Waals surface area (Å²) in [6.07, 6.45) is 5.46. The third-order valence-corrected chi connectivity index (χ3v) is 4.29. The summed E-state index contributed by atoms with van der Waals surface area (Å²) in [5, 5.41) is 3.47. The van der Waals surface area contributed by atoms with Crippen molar-refractivity contribution < 1.29 is 0 Å². The van der Waals surface area contributed by atoms with Crippen molar-refractivity contribution in [1.82, 2.24) is 10.2 Å². The molecule has 1 N–H and O–H groups in total. The molecule has 1 rings (SSSR count). The minimum atomic E-state index is 0.633. The van der Waals surface area contributed by atoms with Gasteiger partial charge < -0.3 is 10.2 Å². The number of hydrogen-bond acceptors (Lipinski definition) is 2. The highest BCUT2D eigenvalue weighted by Crippen LogP contribution is 2.36. The first-order chi connectivity index (χ1) is 8.09. The molecule has 0 bridgehead atoms. The highest BCUT2D eigenvalue weighted by Gasteiger charge is 2.29. The van der Waals surface area contributed by atoms with Gasteiger partial charge in [0.15, 0.2) is 0 Å². The lowest BCUT2D eigenvalue weighted by atomic mass is 9.74. The van der Waals surface area contributed by atoms with E-state index in [1.54, 1.807) is 0 Å². The zero-order chi connectivity index (χ0) is 13.3. The van der Waals surface area contributed by atoms with E-state index in [1.807, 2.05) is 13.8 Å². The minimum Gasteiger partial charge on any atom is -0.317 e. The zero-order valence-electron chi connectivity index (χ0n) is 13.0. The molecule has 0 unspecified atom stereocenters. The van der Waals surface area contributed by atoms with Gasteiger partial charge in [-0.25, -0.2) is 0 Å². The average molecular weight is 242 g/mol. The van der Waals surface area contributed by atoms with Gasteiger partial charge in [0.25, 0.3) is 0 Å². The van der Waals surface area contributed by atoms with E-state index >= 15 is 0 Å². The lowest BCUT2D eigenvalue weighted by Crippen LogP contribution is -2.39. The summed E-state index contributed by atoms with van der Waals surface area (Å²) < 4.78 is 0. The molecule has 0 aromatic heterocycles. The normalized spacial score (nSPS) is 19.1. The van der Waals surface area contributed by atoms with Crippen molar-refractivity contribution in [3.63, 3.8) is 0 Å². The molecule has 2 nitrogen and oxygen atoms in total. The molecule has 0 spiro atoms. The van der Waals surface area contributed by atoms with Crippen LogP contribution in [0.25, 0.3) is 0 Å². The SMILES string of the molecule is CC.CCC1(CCN(C)C(C)C)CCNCC1. The molecule has 0 aromatic rings. The molecule has 1 saturated heterocycles. The van der Waals surface area contributed by atoms with E-state index in [2.05, 4.69) is 38.0 Å². The third-order valence-electron chi connectivity index (χ3n) is 4.29. The van der Waals surface area contributed by atoms with Crippen molar-refractivity contribution in [2.45, 2.75) is 66.3 Å². The standard InChI is InChI=1S/C13H28N2.C2H6/c1-5-13(6-9-14-10-7-13)8-11-15(4)12(2)3;1-2/h12,14H,5-11H2,1-4H3;1-2H3. The lowest BCUT2D eigenvalue weighted by molar-refractivity contribution is 0.141. The van der Waals surface area contributed by atoms with Crippen LogP contribution in [-0.2, 0) is 0 Å². The summed E-state index contributed by atoms with van der Waals surface area (Å²) in [5.41, 5.74) is 0.633. The second-order valence-corrected chi connectivity index (χ2v) is 5.43. The summed E-state index contributed by atoms with van der Waals surface area (Å²) in [6.45, 7) is 14.6. The number of rotatable bonds is 5. The van der Waals surface area contributed by atoms with Crippen molar-refractivity contribution in [2.75, 3.05) is 26.7 Å². The van der Waals surface area contributed by atoms with Gasteiger partial charge in [-0.3, -0.25) is 0 Å². The van der Waals surface area contributed by atoms with Gasteiger partial charge in [-0.05, 0) is 65.2 Å². The Balaban J connectivity index is 0.00000121. The summed E-state index contributed by atoms with van der Waals surface area (Å²) in [7, 11) is 2.25. The quantitative estimate of drug-likeness (QED) is 0.793. The Hall–Kier alpha value is -0.0800. The molecule has 17 heavy (non-hydrogen) atoms. The lowest BCUT2D eigenvalue weighted by Gasteiger charge is -2.38.